The maximum Gasteiger partial charge on any atom is 0.326 e. The number of amides is 9. The van der Waals surface area contributed by atoms with Crippen molar-refractivity contribution in [2.45, 2.75) is 121 Å². The van der Waals surface area contributed by atoms with Crippen molar-refractivity contribution in [1.29, 1.82) is 0 Å². The largest absolute Gasteiger partial charge is 0.342 e. The molecule has 4 heterocycles. The fraction of sp³-hybridized carbons (Fsp3) is 0.850. The number of carbonyl (C=O) groups excluding carboxylic acids is 6. The van der Waals surface area contributed by atoms with Gasteiger partial charge in [0.2, 0.25) is 17.7 Å². The molecule has 0 atom stereocenters. The fourth-order valence-corrected chi connectivity index (χ4v) is 6.37. The molecule has 0 radical (unpaired) electrons. The van der Waals surface area contributed by atoms with Gasteiger partial charge in [-0.05, 0) is 55.8 Å². The van der Waals surface area contributed by atoms with E-state index in [2.05, 4.69) is 41.5 Å². The van der Waals surface area contributed by atoms with Crippen LogP contribution in [0.25, 0.3) is 0 Å². The highest BCUT2D eigenvalue weighted by Crippen LogP contribution is 2.31. The van der Waals surface area contributed by atoms with Gasteiger partial charge in [0.15, 0.2) is 0 Å². The zero-order chi connectivity index (χ0) is 41.0. The molecule has 13 heteroatoms. The Labute approximate surface area is 321 Å². The highest BCUT2D eigenvalue weighted by molar-refractivity contribution is 5.98. The third-order valence-corrected chi connectivity index (χ3v) is 9.66. The lowest BCUT2D eigenvalue weighted by atomic mass is 9.82. The molecule has 9 amide bonds. The van der Waals surface area contributed by atoms with Gasteiger partial charge in [0.05, 0.1) is 6.42 Å². The number of rotatable bonds is 8. The number of hydrogen-bond acceptors (Lipinski definition) is 6. The van der Waals surface area contributed by atoms with Crippen molar-refractivity contribution in [2.24, 2.45) is 29.1 Å². The van der Waals surface area contributed by atoms with Crippen molar-refractivity contribution in [3.8, 4) is 0 Å². The Bertz CT molecular complexity index is 1250. The molecule has 0 aromatic heterocycles. The van der Waals surface area contributed by atoms with Gasteiger partial charge >= 0.3 is 18.1 Å². The van der Waals surface area contributed by atoms with Gasteiger partial charge in [-0.3, -0.25) is 24.2 Å². The lowest BCUT2D eigenvalue weighted by Gasteiger charge is -2.43. The minimum absolute atomic E-state index is 0.0446. The Hall–Kier alpha value is -3.38. The quantitative estimate of drug-likeness (QED) is 0.286. The summed E-state index contributed by atoms with van der Waals surface area (Å²) >= 11 is 0. The van der Waals surface area contributed by atoms with Crippen LogP contribution in [-0.4, -0.2) is 149 Å². The smallest absolute Gasteiger partial charge is 0.326 e. The van der Waals surface area contributed by atoms with Crippen LogP contribution in [-0.2, 0) is 14.4 Å². The zero-order valence-electron chi connectivity index (χ0n) is 36.1. The standard InChI is InChI=1S/C11H20N2O2.C11H21NO.C9H16N2O2.C9H18N2O/c1-8(2)7-13-9(14)6-11(3,4)12(5)10(13)15;1-9(2)8-12-6-5-11(3,4)7-10(12)13;1-7(2)6-11-8(12)4-5-10(3)9(11)13;1-8(2)7-11-6-4-5-10(3)9(11)12/h8H,6-7H2,1-5H3;9H,5-8H2,1-4H3;7H,4-6H2,1-3H3;8H,4-7H2,1-3H3. The lowest BCUT2D eigenvalue weighted by Crippen LogP contribution is -2.60. The van der Waals surface area contributed by atoms with E-state index in [0.717, 1.165) is 52.0 Å². The molecule has 0 saturated carbocycles. The predicted molar refractivity (Wildman–Crippen MR) is 211 cm³/mol. The second kappa shape index (κ2) is 20.9. The third-order valence-electron chi connectivity index (χ3n) is 9.66. The average molecular weight is 750 g/mol. The van der Waals surface area contributed by atoms with E-state index in [4.69, 9.17) is 0 Å². The van der Waals surface area contributed by atoms with Gasteiger partial charge in [-0.25, -0.2) is 14.4 Å². The van der Waals surface area contributed by atoms with Gasteiger partial charge in [0.1, 0.15) is 0 Å². The molecule has 4 saturated heterocycles. The topological polar surface area (TPSA) is 125 Å². The van der Waals surface area contributed by atoms with E-state index in [1.165, 1.54) is 9.80 Å². The van der Waals surface area contributed by atoms with Crippen molar-refractivity contribution in [2.75, 3.05) is 73.5 Å². The van der Waals surface area contributed by atoms with Crippen LogP contribution in [0.1, 0.15) is 115 Å². The summed E-state index contributed by atoms with van der Waals surface area (Å²) < 4.78 is 0. The maximum atomic E-state index is 11.9. The number of carbonyl (C=O) groups is 6. The van der Waals surface area contributed by atoms with Gasteiger partial charge in [0, 0.05) is 91.9 Å². The van der Waals surface area contributed by atoms with E-state index in [1.54, 1.807) is 28.8 Å². The van der Waals surface area contributed by atoms with E-state index >= 15 is 0 Å². The molecule has 0 aliphatic carbocycles. The average Bonchev–Trinajstić information content (AvgIpc) is 3.02. The summed E-state index contributed by atoms with van der Waals surface area (Å²) in [6.07, 6.45) is 3.83. The summed E-state index contributed by atoms with van der Waals surface area (Å²) in [7, 11) is 5.35. The van der Waals surface area contributed by atoms with Crippen LogP contribution in [0.4, 0.5) is 14.4 Å². The Morgan fingerprint density at radius 1 is 0.509 bits per heavy atom. The predicted octanol–water partition coefficient (Wildman–Crippen LogP) is 6.32. The SMILES string of the molecule is CC(C)CN1C(=O)CC(C)(C)N(C)C1=O.CC(C)CN1C(=O)CCN(C)C1=O.CC(C)CN1CCC(C)(C)CC1=O.CC(C)CN1CCCN(C)C1=O. The Morgan fingerprint density at radius 2 is 0.981 bits per heavy atom. The molecule has 4 rings (SSSR count). The molecule has 0 aromatic carbocycles. The van der Waals surface area contributed by atoms with Crippen LogP contribution in [0, 0.1) is 29.1 Å². The number of hydrogen-bond donors (Lipinski definition) is 0. The van der Waals surface area contributed by atoms with E-state index in [9.17, 15) is 28.8 Å². The highest BCUT2D eigenvalue weighted by atomic mass is 16.2. The molecular formula is C40H75N7O6. The maximum absolute atomic E-state index is 11.9. The summed E-state index contributed by atoms with van der Waals surface area (Å²) in [5, 5.41) is 0. The molecule has 4 aliphatic heterocycles. The molecule has 306 valence electrons. The first-order chi connectivity index (χ1) is 24.3. The Morgan fingerprint density at radius 3 is 1.47 bits per heavy atom. The molecule has 0 unspecified atom stereocenters. The van der Waals surface area contributed by atoms with E-state index in [-0.39, 0.29) is 40.9 Å². The third kappa shape index (κ3) is 15.9. The molecule has 0 bridgehead atoms. The lowest BCUT2D eigenvalue weighted by molar-refractivity contribution is -0.138. The molecule has 53 heavy (non-hydrogen) atoms. The summed E-state index contributed by atoms with van der Waals surface area (Å²) in [5.74, 6) is 2.04. The number of imide groups is 2. The highest BCUT2D eigenvalue weighted by Gasteiger charge is 2.41. The summed E-state index contributed by atoms with van der Waals surface area (Å²) in [4.78, 5) is 81.4. The van der Waals surface area contributed by atoms with Gasteiger partial charge in [0.25, 0.3) is 0 Å². The first-order valence-electron chi connectivity index (χ1n) is 19.7. The summed E-state index contributed by atoms with van der Waals surface area (Å²) in [6, 6.07) is -0.148. The fourth-order valence-electron chi connectivity index (χ4n) is 6.37. The van der Waals surface area contributed by atoms with Gasteiger partial charge in [-0.2, -0.15) is 0 Å². The molecule has 4 aliphatic rings. The van der Waals surface area contributed by atoms with Crippen molar-refractivity contribution in [3.05, 3.63) is 0 Å². The molecule has 13 nitrogen and oxygen atoms in total. The van der Waals surface area contributed by atoms with E-state index < -0.39 is 0 Å². The monoisotopic (exact) mass is 750 g/mol. The van der Waals surface area contributed by atoms with Crippen LogP contribution in [0.15, 0.2) is 0 Å². The van der Waals surface area contributed by atoms with Gasteiger partial charge in [-0.1, -0.05) is 69.2 Å². The molecule has 4 fully saturated rings. The number of piperidine rings is 1. The molecule has 0 N–H and O–H groups in total. The number of likely N-dealkylation sites (tertiary alicyclic amines) is 1. The molecule has 0 aromatic rings. The zero-order valence-corrected chi connectivity index (χ0v) is 36.1. The van der Waals surface area contributed by atoms with Crippen LogP contribution in [0.2, 0.25) is 0 Å². The normalized spacial score (nSPS) is 20.5. The number of urea groups is 3. The van der Waals surface area contributed by atoms with Crippen LogP contribution in [0.5, 0.6) is 0 Å². The van der Waals surface area contributed by atoms with E-state index in [0.29, 0.717) is 62.1 Å². The molecular weight excluding hydrogens is 674 g/mol. The van der Waals surface area contributed by atoms with Crippen LogP contribution >= 0.6 is 0 Å². The van der Waals surface area contributed by atoms with Crippen LogP contribution in [0.3, 0.4) is 0 Å². The number of nitrogens with zero attached hydrogens (tertiary/aromatic N) is 7. The second-order valence-electron chi connectivity index (χ2n) is 18.3. The Kier molecular flexibility index (Phi) is 18.8. The van der Waals surface area contributed by atoms with Crippen LogP contribution < -0.4 is 0 Å². The van der Waals surface area contributed by atoms with Gasteiger partial charge in [-0.15, -0.1) is 0 Å². The first kappa shape index (κ1) is 47.6. The molecule has 0 spiro atoms. The minimum Gasteiger partial charge on any atom is -0.342 e. The van der Waals surface area contributed by atoms with Crippen molar-refractivity contribution < 1.29 is 28.8 Å². The first-order valence-corrected chi connectivity index (χ1v) is 19.7. The van der Waals surface area contributed by atoms with Crippen molar-refractivity contribution in [3.63, 3.8) is 0 Å². The van der Waals surface area contributed by atoms with Gasteiger partial charge < -0.3 is 24.5 Å². The minimum atomic E-state index is -0.359. The summed E-state index contributed by atoms with van der Waals surface area (Å²) in [6.45, 7) is 31.0. The van der Waals surface area contributed by atoms with Crippen molar-refractivity contribution >= 4 is 35.8 Å². The second-order valence-corrected chi connectivity index (χ2v) is 18.3. The van der Waals surface area contributed by atoms with E-state index in [1.807, 2.05) is 58.4 Å². The summed E-state index contributed by atoms with van der Waals surface area (Å²) in [5.41, 5.74) is -0.133. The Balaban J connectivity index is 0.000000354. The van der Waals surface area contributed by atoms with Crippen molar-refractivity contribution in [1.82, 2.24) is 34.3 Å².